The first-order valence-corrected chi connectivity index (χ1v) is 8.52. The molecule has 7 heteroatoms. The van der Waals surface area contributed by atoms with Crippen molar-refractivity contribution in [2.75, 3.05) is 45.1 Å². The minimum atomic E-state index is -0.695. The number of hydrogen-bond donors (Lipinski definition) is 2. The van der Waals surface area contributed by atoms with Gasteiger partial charge in [-0.3, -0.25) is 9.59 Å². The van der Waals surface area contributed by atoms with E-state index >= 15 is 0 Å². The zero-order chi connectivity index (χ0) is 19.8. The number of carbonyl (C=O) groups is 2. The fraction of sp³-hybridized carbons (Fsp3) is 0.300. The quantitative estimate of drug-likeness (QED) is 0.729. The third-order valence-corrected chi connectivity index (χ3v) is 3.99. The van der Waals surface area contributed by atoms with Crippen LogP contribution in [0.5, 0.6) is 11.5 Å². The van der Waals surface area contributed by atoms with E-state index in [9.17, 15) is 9.59 Å². The number of methoxy groups -OCH3 is 2. The summed E-state index contributed by atoms with van der Waals surface area (Å²) in [7, 11) is 7.00. The zero-order valence-corrected chi connectivity index (χ0v) is 16.0. The van der Waals surface area contributed by atoms with E-state index in [1.54, 1.807) is 32.4 Å². The van der Waals surface area contributed by atoms with Gasteiger partial charge in [-0.15, -0.1) is 0 Å². The van der Waals surface area contributed by atoms with Gasteiger partial charge in [0.2, 0.25) is 0 Å². The molecule has 2 aromatic carbocycles. The Kier molecular flexibility index (Phi) is 7.05. The van der Waals surface area contributed by atoms with E-state index in [1.165, 1.54) is 0 Å². The van der Waals surface area contributed by atoms with Crippen molar-refractivity contribution in [3.05, 3.63) is 48.0 Å². The summed E-state index contributed by atoms with van der Waals surface area (Å²) in [6.45, 7) is 0.335. The van der Waals surface area contributed by atoms with Crippen molar-refractivity contribution >= 4 is 23.2 Å². The summed E-state index contributed by atoms with van der Waals surface area (Å²) >= 11 is 0. The number of carbonyl (C=O) groups excluding carboxylic acids is 2. The molecular formula is C20H25N3O4. The fourth-order valence-corrected chi connectivity index (χ4v) is 2.47. The summed E-state index contributed by atoms with van der Waals surface area (Å²) in [5, 5.41) is 5.20. The first kappa shape index (κ1) is 20.1. The maximum Gasteiger partial charge on any atom is 0.313 e. The fourth-order valence-electron chi connectivity index (χ4n) is 2.47. The molecule has 0 heterocycles. The number of hydrogen-bond acceptors (Lipinski definition) is 5. The van der Waals surface area contributed by atoms with Gasteiger partial charge in [0.15, 0.2) is 11.5 Å². The van der Waals surface area contributed by atoms with Crippen LogP contribution in [-0.4, -0.2) is 46.7 Å². The highest BCUT2D eigenvalue weighted by Crippen LogP contribution is 2.27. The first-order chi connectivity index (χ1) is 12.9. The molecule has 0 radical (unpaired) electrons. The smallest absolute Gasteiger partial charge is 0.313 e. The summed E-state index contributed by atoms with van der Waals surface area (Å²) in [5.41, 5.74) is 2.54. The van der Waals surface area contributed by atoms with Crippen LogP contribution in [0.3, 0.4) is 0 Å². The summed E-state index contributed by atoms with van der Waals surface area (Å²) in [4.78, 5) is 25.9. The Morgan fingerprint density at radius 2 is 1.59 bits per heavy atom. The topological polar surface area (TPSA) is 79.9 Å². The lowest BCUT2D eigenvalue weighted by Gasteiger charge is -2.13. The number of amides is 2. The van der Waals surface area contributed by atoms with Gasteiger partial charge in [-0.05, 0) is 48.4 Å². The SMILES string of the molecule is COc1ccc(CCNC(=O)C(=O)Nc2ccc(N(C)C)cc2)cc1OC. The predicted molar refractivity (Wildman–Crippen MR) is 106 cm³/mol. The molecule has 7 nitrogen and oxygen atoms in total. The van der Waals surface area contributed by atoms with Crippen LogP contribution < -0.4 is 25.0 Å². The van der Waals surface area contributed by atoms with E-state index in [4.69, 9.17) is 9.47 Å². The van der Waals surface area contributed by atoms with Crippen LogP contribution in [0.1, 0.15) is 5.56 Å². The van der Waals surface area contributed by atoms with Crippen LogP contribution in [0.15, 0.2) is 42.5 Å². The van der Waals surface area contributed by atoms with E-state index < -0.39 is 11.8 Å². The number of nitrogens with zero attached hydrogens (tertiary/aromatic N) is 1. The van der Waals surface area contributed by atoms with E-state index in [0.717, 1.165) is 11.3 Å². The van der Waals surface area contributed by atoms with Crippen LogP contribution in [-0.2, 0) is 16.0 Å². The van der Waals surface area contributed by atoms with E-state index in [1.807, 2.05) is 43.3 Å². The molecule has 0 saturated heterocycles. The molecule has 2 N–H and O–H groups in total. The molecule has 0 bridgehead atoms. The lowest BCUT2D eigenvalue weighted by Crippen LogP contribution is -2.36. The second kappa shape index (κ2) is 9.47. The average molecular weight is 371 g/mol. The van der Waals surface area contributed by atoms with Crippen molar-refractivity contribution in [1.82, 2.24) is 5.32 Å². The van der Waals surface area contributed by atoms with Crippen molar-refractivity contribution in [3.8, 4) is 11.5 Å². The largest absolute Gasteiger partial charge is 0.493 e. The van der Waals surface area contributed by atoms with Crippen molar-refractivity contribution in [3.63, 3.8) is 0 Å². The number of rotatable bonds is 7. The molecule has 2 aromatic rings. The third kappa shape index (κ3) is 5.64. The Morgan fingerprint density at radius 1 is 0.926 bits per heavy atom. The summed E-state index contributed by atoms with van der Waals surface area (Å²) in [6.07, 6.45) is 0.566. The average Bonchev–Trinajstić information content (AvgIpc) is 2.68. The number of ether oxygens (including phenoxy) is 2. The van der Waals surface area contributed by atoms with Gasteiger partial charge < -0.3 is 25.0 Å². The molecule has 27 heavy (non-hydrogen) atoms. The minimum Gasteiger partial charge on any atom is -0.493 e. The Balaban J connectivity index is 1.83. The molecule has 0 unspecified atom stereocenters. The number of anilines is 2. The molecule has 0 fully saturated rings. The molecule has 2 amide bonds. The molecule has 0 aliphatic rings. The van der Waals surface area contributed by atoms with Gasteiger partial charge >= 0.3 is 11.8 Å². The van der Waals surface area contributed by atoms with Crippen molar-refractivity contribution < 1.29 is 19.1 Å². The molecule has 0 aliphatic heterocycles. The highest BCUT2D eigenvalue weighted by atomic mass is 16.5. The van der Waals surface area contributed by atoms with Gasteiger partial charge in [-0.1, -0.05) is 6.07 Å². The lowest BCUT2D eigenvalue weighted by atomic mass is 10.1. The standard InChI is InChI=1S/C20H25N3O4/c1-23(2)16-8-6-15(7-9-16)22-20(25)19(24)21-12-11-14-5-10-17(26-3)18(13-14)27-4/h5-10,13H,11-12H2,1-4H3,(H,21,24)(H,22,25). The molecule has 0 aromatic heterocycles. The molecule has 0 spiro atoms. The van der Waals surface area contributed by atoms with Crippen LogP contribution in [0, 0.1) is 0 Å². The Hall–Kier alpha value is -3.22. The molecule has 144 valence electrons. The Bertz CT molecular complexity index is 788. The predicted octanol–water partition coefficient (Wildman–Crippen LogP) is 2.07. The molecule has 0 atom stereocenters. The monoisotopic (exact) mass is 371 g/mol. The first-order valence-electron chi connectivity index (χ1n) is 8.52. The molecule has 0 aliphatic carbocycles. The van der Waals surface area contributed by atoms with Crippen molar-refractivity contribution in [2.24, 2.45) is 0 Å². The van der Waals surface area contributed by atoms with Crippen LogP contribution in [0.2, 0.25) is 0 Å². The Morgan fingerprint density at radius 3 is 2.19 bits per heavy atom. The van der Waals surface area contributed by atoms with Crippen LogP contribution >= 0.6 is 0 Å². The summed E-state index contributed by atoms with van der Waals surface area (Å²) < 4.78 is 10.4. The third-order valence-electron chi connectivity index (χ3n) is 3.99. The minimum absolute atomic E-state index is 0.335. The van der Waals surface area contributed by atoms with Crippen molar-refractivity contribution in [2.45, 2.75) is 6.42 Å². The molecule has 0 saturated carbocycles. The van der Waals surface area contributed by atoms with Crippen molar-refractivity contribution in [1.29, 1.82) is 0 Å². The van der Waals surface area contributed by atoms with Gasteiger partial charge in [0.05, 0.1) is 14.2 Å². The summed E-state index contributed by atoms with van der Waals surface area (Å²) in [5.74, 6) is -0.0998. The highest BCUT2D eigenvalue weighted by Gasteiger charge is 2.13. The number of nitrogens with one attached hydrogen (secondary N) is 2. The van der Waals surface area contributed by atoms with Gasteiger partial charge in [-0.2, -0.15) is 0 Å². The van der Waals surface area contributed by atoms with E-state index in [0.29, 0.717) is 30.2 Å². The van der Waals surface area contributed by atoms with Gasteiger partial charge in [0.1, 0.15) is 0 Å². The van der Waals surface area contributed by atoms with E-state index in [2.05, 4.69) is 10.6 Å². The lowest BCUT2D eigenvalue weighted by molar-refractivity contribution is -0.136. The molecule has 2 rings (SSSR count). The number of benzene rings is 2. The van der Waals surface area contributed by atoms with Crippen LogP contribution in [0.25, 0.3) is 0 Å². The summed E-state index contributed by atoms with van der Waals surface area (Å²) in [6, 6.07) is 12.8. The van der Waals surface area contributed by atoms with Gasteiger partial charge in [0.25, 0.3) is 0 Å². The highest BCUT2D eigenvalue weighted by molar-refractivity contribution is 6.39. The maximum atomic E-state index is 12.0. The van der Waals surface area contributed by atoms with E-state index in [-0.39, 0.29) is 0 Å². The normalized spacial score (nSPS) is 10.1. The zero-order valence-electron chi connectivity index (χ0n) is 16.0. The second-order valence-electron chi connectivity index (χ2n) is 6.09. The van der Waals surface area contributed by atoms with Gasteiger partial charge in [-0.25, -0.2) is 0 Å². The molecular weight excluding hydrogens is 346 g/mol. The Labute approximate surface area is 159 Å². The second-order valence-corrected chi connectivity index (χ2v) is 6.09. The maximum absolute atomic E-state index is 12.0. The van der Waals surface area contributed by atoms with Crippen LogP contribution in [0.4, 0.5) is 11.4 Å². The van der Waals surface area contributed by atoms with Gasteiger partial charge in [0, 0.05) is 32.0 Å².